The highest BCUT2D eigenvalue weighted by molar-refractivity contribution is 7.99. The molecule has 0 fully saturated rings. The first-order valence-electron chi connectivity index (χ1n) is 6.21. The Balaban J connectivity index is 1.86. The van der Waals surface area contributed by atoms with Gasteiger partial charge in [-0.15, -0.1) is 10.2 Å². The summed E-state index contributed by atoms with van der Waals surface area (Å²) in [6, 6.07) is 15.0. The summed E-state index contributed by atoms with van der Waals surface area (Å²) in [6.45, 7) is 1.99. The van der Waals surface area contributed by atoms with Gasteiger partial charge in [0.2, 0.25) is 5.89 Å². The van der Waals surface area contributed by atoms with E-state index in [-0.39, 0.29) is 0 Å². The molecule has 0 N–H and O–H groups in total. The lowest BCUT2D eigenvalue weighted by molar-refractivity contribution is 0.465. The van der Waals surface area contributed by atoms with Gasteiger partial charge >= 0.3 is 0 Å². The van der Waals surface area contributed by atoms with Gasteiger partial charge in [0, 0.05) is 5.56 Å². The standard InChI is InChI=1S/C15H10N4OS/c1-10-5-2-3-7-12(10)14-18-19-15(20-14)21-13-8-4-6-11(9-16)17-13/h2-8H,1H3. The van der Waals surface area contributed by atoms with E-state index in [0.717, 1.165) is 11.1 Å². The summed E-state index contributed by atoms with van der Waals surface area (Å²) in [6.07, 6.45) is 0. The van der Waals surface area contributed by atoms with Crippen LogP contribution in [0.3, 0.4) is 0 Å². The molecule has 0 aliphatic carbocycles. The smallest absolute Gasteiger partial charge is 0.283 e. The second-order valence-electron chi connectivity index (χ2n) is 4.26. The predicted octanol–water partition coefficient (Wildman–Crippen LogP) is 3.46. The maximum Gasteiger partial charge on any atom is 0.283 e. The molecule has 0 aliphatic rings. The molecule has 6 heteroatoms. The van der Waals surface area contributed by atoms with Crippen molar-refractivity contribution in [3.8, 4) is 17.5 Å². The fraction of sp³-hybridized carbons (Fsp3) is 0.0667. The summed E-state index contributed by atoms with van der Waals surface area (Å²) in [7, 11) is 0. The monoisotopic (exact) mass is 294 g/mol. The second kappa shape index (κ2) is 5.77. The number of aryl methyl sites for hydroxylation is 1. The summed E-state index contributed by atoms with van der Waals surface area (Å²) in [5, 5.41) is 17.9. The number of aromatic nitrogens is 3. The van der Waals surface area contributed by atoms with Crippen LogP contribution in [0.5, 0.6) is 0 Å². The Morgan fingerprint density at radius 1 is 1.10 bits per heavy atom. The maximum atomic E-state index is 8.84. The van der Waals surface area contributed by atoms with E-state index < -0.39 is 0 Å². The van der Waals surface area contributed by atoms with Crippen molar-refractivity contribution in [1.82, 2.24) is 15.2 Å². The van der Waals surface area contributed by atoms with Crippen molar-refractivity contribution in [3.05, 3.63) is 53.7 Å². The van der Waals surface area contributed by atoms with Crippen LogP contribution < -0.4 is 0 Å². The summed E-state index contributed by atoms with van der Waals surface area (Å²) < 4.78 is 5.65. The molecule has 0 radical (unpaired) electrons. The summed E-state index contributed by atoms with van der Waals surface area (Å²) in [5.41, 5.74) is 2.34. The first-order valence-corrected chi connectivity index (χ1v) is 7.02. The Bertz CT molecular complexity index is 822. The molecule has 2 heterocycles. The molecule has 21 heavy (non-hydrogen) atoms. The fourth-order valence-corrected chi connectivity index (χ4v) is 2.47. The van der Waals surface area contributed by atoms with Crippen LogP contribution in [0.15, 0.2) is 57.1 Å². The third kappa shape index (κ3) is 2.93. The highest BCUT2D eigenvalue weighted by Crippen LogP contribution is 2.29. The number of hydrogen-bond donors (Lipinski definition) is 0. The minimum absolute atomic E-state index is 0.360. The Kier molecular flexibility index (Phi) is 3.67. The first kappa shape index (κ1) is 13.3. The van der Waals surface area contributed by atoms with Crippen molar-refractivity contribution < 1.29 is 4.42 Å². The third-order valence-corrected chi connectivity index (χ3v) is 3.59. The highest BCUT2D eigenvalue weighted by atomic mass is 32.2. The van der Waals surface area contributed by atoms with Crippen molar-refractivity contribution in [2.45, 2.75) is 17.2 Å². The van der Waals surface area contributed by atoms with Gasteiger partial charge in [-0.1, -0.05) is 24.3 Å². The molecule has 0 atom stereocenters. The van der Waals surface area contributed by atoms with Crippen LogP contribution in [-0.4, -0.2) is 15.2 Å². The third-order valence-electron chi connectivity index (χ3n) is 2.81. The summed E-state index contributed by atoms with van der Waals surface area (Å²) in [4.78, 5) is 4.16. The molecule has 0 bridgehead atoms. The van der Waals surface area contributed by atoms with Crippen LogP contribution in [0, 0.1) is 18.3 Å². The lowest BCUT2D eigenvalue weighted by atomic mass is 10.1. The van der Waals surface area contributed by atoms with Gasteiger partial charge in [-0.2, -0.15) is 5.26 Å². The van der Waals surface area contributed by atoms with E-state index in [0.29, 0.717) is 21.8 Å². The minimum Gasteiger partial charge on any atom is -0.411 e. The van der Waals surface area contributed by atoms with Crippen molar-refractivity contribution in [2.24, 2.45) is 0 Å². The quantitative estimate of drug-likeness (QED) is 0.736. The van der Waals surface area contributed by atoms with Crippen LogP contribution in [0.25, 0.3) is 11.5 Å². The van der Waals surface area contributed by atoms with Crippen molar-refractivity contribution in [2.75, 3.05) is 0 Å². The molecule has 0 saturated carbocycles. The Hall–Kier alpha value is -2.65. The van der Waals surface area contributed by atoms with Gasteiger partial charge in [0.1, 0.15) is 16.8 Å². The SMILES string of the molecule is Cc1ccccc1-c1nnc(Sc2cccc(C#N)n2)o1. The Morgan fingerprint density at radius 2 is 1.95 bits per heavy atom. The molecule has 0 unspecified atom stereocenters. The van der Waals surface area contributed by atoms with Crippen molar-refractivity contribution >= 4 is 11.8 Å². The van der Waals surface area contributed by atoms with Crippen LogP contribution in [0.2, 0.25) is 0 Å². The molecule has 2 aromatic heterocycles. The van der Waals surface area contributed by atoms with Gasteiger partial charge in [0.05, 0.1) is 0 Å². The topological polar surface area (TPSA) is 75.6 Å². The van der Waals surface area contributed by atoms with Gasteiger partial charge in [0.25, 0.3) is 5.22 Å². The van der Waals surface area contributed by atoms with Gasteiger partial charge in [-0.25, -0.2) is 4.98 Å². The second-order valence-corrected chi connectivity index (χ2v) is 5.23. The number of rotatable bonds is 3. The van der Waals surface area contributed by atoms with Gasteiger partial charge < -0.3 is 4.42 Å². The van der Waals surface area contributed by atoms with E-state index in [1.165, 1.54) is 11.8 Å². The van der Waals surface area contributed by atoms with E-state index in [2.05, 4.69) is 15.2 Å². The normalized spacial score (nSPS) is 10.3. The highest BCUT2D eigenvalue weighted by Gasteiger charge is 2.12. The van der Waals surface area contributed by atoms with E-state index in [4.69, 9.17) is 9.68 Å². The van der Waals surface area contributed by atoms with Gasteiger partial charge in [-0.05, 0) is 42.4 Å². The zero-order valence-electron chi connectivity index (χ0n) is 11.1. The molecule has 102 valence electrons. The number of pyridine rings is 1. The van der Waals surface area contributed by atoms with Crippen LogP contribution >= 0.6 is 11.8 Å². The molecular weight excluding hydrogens is 284 g/mol. The van der Waals surface area contributed by atoms with E-state index in [1.54, 1.807) is 18.2 Å². The molecule has 3 aromatic rings. The maximum absolute atomic E-state index is 8.84. The minimum atomic E-state index is 0.360. The molecule has 5 nitrogen and oxygen atoms in total. The van der Waals surface area contributed by atoms with Crippen molar-refractivity contribution in [3.63, 3.8) is 0 Å². The zero-order chi connectivity index (χ0) is 14.7. The van der Waals surface area contributed by atoms with Crippen LogP contribution in [0.1, 0.15) is 11.3 Å². The largest absolute Gasteiger partial charge is 0.411 e. The summed E-state index contributed by atoms with van der Waals surface area (Å²) >= 11 is 1.24. The average molecular weight is 294 g/mol. The van der Waals surface area contributed by atoms with Crippen LogP contribution in [-0.2, 0) is 0 Å². The fourth-order valence-electron chi connectivity index (χ4n) is 1.80. The van der Waals surface area contributed by atoms with E-state index in [1.807, 2.05) is 37.3 Å². The van der Waals surface area contributed by atoms with Gasteiger partial charge in [-0.3, -0.25) is 0 Å². The van der Waals surface area contributed by atoms with Crippen LogP contribution in [0.4, 0.5) is 0 Å². The molecule has 0 spiro atoms. The number of benzene rings is 1. The molecule has 0 saturated heterocycles. The number of nitriles is 1. The predicted molar refractivity (Wildman–Crippen MR) is 77.5 cm³/mol. The Morgan fingerprint density at radius 3 is 2.76 bits per heavy atom. The lowest BCUT2D eigenvalue weighted by Gasteiger charge is -1.98. The lowest BCUT2D eigenvalue weighted by Crippen LogP contribution is -1.84. The molecule has 0 aliphatic heterocycles. The first-order chi connectivity index (χ1) is 10.3. The van der Waals surface area contributed by atoms with E-state index >= 15 is 0 Å². The zero-order valence-corrected chi connectivity index (χ0v) is 12.0. The summed E-state index contributed by atoms with van der Waals surface area (Å²) in [5.74, 6) is 0.479. The van der Waals surface area contributed by atoms with Gasteiger partial charge in [0.15, 0.2) is 0 Å². The Labute approximate surface area is 125 Å². The molecule has 3 rings (SSSR count). The molecule has 0 amide bonds. The average Bonchev–Trinajstić information content (AvgIpc) is 2.96. The molecule has 1 aromatic carbocycles. The molecular formula is C15H10N4OS. The number of nitrogens with zero attached hydrogens (tertiary/aromatic N) is 4. The van der Waals surface area contributed by atoms with Crippen molar-refractivity contribution in [1.29, 1.82) is 5.26 Å². The van der Waals surface area contributed by atoms with E-state index in [9.17, 15) is 0 Å². The number of hydrogen-bond acceptors (Lipinski definition) is 6.